The number of hydrogen-bond acceptors (Lipinski definition) is 7. The van der Waals surface area contributed by atoms with Gasteiger partial charge in [0.05, 0.1) is 11.2 Å². The van der Waals surface area contributed by atoms with Gasteiger partial charge >= 0.3 is 0 Å². The second-order valence-electron chi connectivity index (χ2n) is 5.51. The van der Waals surface area contributed by atoms with Crippen molar-refractivity contribution in [1.29, 1.82) is 0 Å². The van der Waals surface area contributed by atoms with Crippen LogP contribution in [0.2, 0.25) is 0 Å². The molecule has 0 fully saturated rings. The monoisotopic (exact) mass is 292 g/mol. The van der Waals surface area contributed by atoms with Gasteiger partial charge in [0.1, 0.15) is 17.5 Å². The summed E-state index contributed by atoms with van der Waals surface area (Å²) in [5.74, 6) is 7.60. The van der Waals surface area contributed by atoms with Crippen LogP contribution in [-0.2, 0) is 11.8 Å². The van der Waals surface area contributed by atoms with E-state index < -0.39 is 0 Å². The van der Waals surface area contributed by atoms with Crippen molar-refractivity contribution in [2.24, 2.45) is 5.84 Å². The molecule has 0 amide bonds. The van der Waals surface area contributed by atoms with Crippen LogP contribution in [0.4, 0.5) is 11.6 Å². The Hall–Kier alpha value is -1.73. The minimum Gasteiger partial charge on any atom is -0.370 e. The Morgan fingerprint density at radius 1 is 1.25 bits per heavy atom. The molecule has 0 aliphatic rings. The van der Waals surface area contributed by atoms with Crippen LogP contribution in [0.5, 0.6) is 0 Å². The van der Waals surface area contributed by atoms with Gasteiger partial charge in [-0.3, -0.25) is 0 Å². The average molecular weight is 292 g/mol. The minimum atomic E-state index is -0.127. The van der Waals surface area contributed by atoms with E-state index in [0.717, 1.165) is 30.3 Å². The van der Waals surface area contributed by atoms with E-state index in [-0.39, 0.29) is 5.41 Å². The zero-order valence-corrected chi connectivity index (χ0v) is 12.8. The standard InChI is InChI=1S/C13H20N6S/c1-13(2,3)12-17-10(6-11(18-12)19-14)15-5-4-9-7-20-8-16-9/h6-8H,4-5,14H2,1-3H3,(H2,15,17,18,19). The van der Waals surface area contributed by atoms with Gasteiger partial charge in [-0.05, 0) is 0 Å². The lowest BCUT2D eigenvalue weighted by atomic mass is 9.96. The third-order valence-electron chi connectivity index (χ3n) is 2.72. The average Bonchev–Trinajstić information content (AvgIpc) is 2.90. The molecule has 6 nitrogen and oxygen atoms in total. The Balaban J connectivity index is 2.06. The number of nitrogens with one attached hydrogen (secondary N) is 2. The molecule has 0 saturated carbocycles. The predicted molar refractivity (Wildman–Crippen MR) is 82.8 cm³/mol. The summed E-state index contributed by atoms with van der Waals surface area (Å²) in [5.41, 5.74) is 5.38. The molecule has 2 rings (SSSR count). The van der Waals surface area contributed by atoms with Crippen molar-refractivity contribution < 1.29 is 0 Å². The SMILES string of the molecule is CC(C)(C)c1nc(NN)cc(NCCc2cscn2)n1. The van der Waals surface area contributed by atoms with Gasteiger partial charge in [0.15, 0.2) is 0 Å². The van der Waals surface area contributed by atoms with Crippen molar-refractivity contribution in [1.82, 2.24) is 15.0 Å². The fourth-order valence-corrected chi connectivity index (χ4v) is 2.22. The number of hydrazine groups is 1. The van der Waals surface area contributed by atoms with Crippen molar-refractivity contribution in [3.05, 3.63) is 28.5 Å². The normalized spacial score (nSPS) is 11.4. The first-order chi connectivity index (χ1) is 9.49. The van der Waals surface area contributed by atoms with Crippen molar-refractivity contribution in [3.8, 4) is 0 Å². The molecule has 2 heterocycles. The lowest BCUT2D eigenvalue weighted by Gasteiger charge is -2.18. The highest BCUT2D eigenvalue weighted by molar-refractivity contribution is 7.07. The Bertz CT molecular complexity index is 546. The van der Waals surface area contributed by atoms with E-state index in [4.69, 9.17) is 5.84 Å². The molecule has 2 aromatic rings. The van der Waals surface area contributed by atoms with E-state index in [9.17, 15) is 0 Å². The number of thiazole rings is 1. The molecule has 0 aromatic carbocycles. The molecule has 0 spiro atoms. The van der Waals surface area contributed by atoms with Gasteiger partial charge in [0.2, 0.25) is 0 Å². The van der Waals surface area contributed by atoms with Gasteiger partial charge in [0, 0.05) is 29.8 Å². The van der Waals surface area contributed by atoms with E-state index in [1.807, 2.05) is 5.51 Å². The topological polar surface area (TPSA) is 88.8 Å². The minimum absolute atomic E-state index is 0.127. The molecule has 7 heteroatoms. The second-order valence-corrected chi connectivity index (χ2v) is 6.23. The highest BCUT2D eigenvalue weighted by Gasteiger charge is 2.18. The Labute approximate surface area is 122 Å². The highest BCUT2D eigenvalue weighted by atomic mass is 32.1. The zero-order chi connectivity index (χ0) is 14.6. The lowest BCUT2D eigenvalue weighted by Crippen LogP contribution is -2.20. The van der Waals surface area contributed by atoms with Crippen molar-refractivity contribution >= 4 is 23.0 Å². The fourth-order valence-electron chi connectivity index (χ4n) is 1.63. The number of hydrogen-bond donors (Lipinski definition) is 3. The van der Waals surface area contributed by atoms with Crippen molar-refractivity contribution in [2.75, 3.05) is 17.3 Å². The molecular formula is C13H20N6S. The molecular weight excluding hydrogens is 272 g/mol. The number of aromatic nitrogens is 3. The van der Waals surface area contributed by atoms with Crippen LogP contribution in [0.15, 0.2) is 17.0 Å². The molecule has 0 bridgehead atoms. The zero-order valence-electron chi connectivity index (χ0n) is 12.0. The summed E-state index contributed by atoms with van der Waals surface area (Å²) >= 11 is 1.61. The summed E-state index contributed by atoms with van der Waals surface area (Å²) in [6.07, 6.45) is 0.865. The number of anilines is 2. The second kappa shape index (κ2) is 6.15. The smallest absolute Gasteiger partial charge is 0.145 e. The first-order valence-corrected chi connectivity index (χ1v) is 7.40. The summed E-state index contributed by atoms with van der Waals surface area (Å²) in [6.45, 7) is 6.99. The van der Waals surface area contributed by atoms with Gasteiger partial charge in [-0.1, -0.05) is 20.8 Å². The Morgan fingerprint density at radius 2 is 2.00 bits per heavy atom. The van der Waals surface area contributed by atoms with Crippen LogP contribution >= 0.6 is 11.3 Å². The summed E-state index contributed by atoms with van der Waals surface area (Å²) in [4.78, 5) is 13.2. The van der Waals surface area contributed by atoms with E-state index in [2.05, 4.69) is 51.8 Å². The maximum atomic E-state index is 5.46. The largest absolute Gasteiger partial charge is 0.370 e. The lowest BCUT2D eigenvalue weighted by molar-refractivity contribution is 0.546. The summed E-state index contributed by atoms with van der Waals surface area (Å²) in [7, 11) is 0. The van der Waals surface area contributed by atoms with Crippen LogP contribution in [0.25, 0.3) is 0 Å². The summed E-state index contributed by atoms with van der Waals surface area (Å²) in [5, 5.41) is 5.34. The predicted octanol–water partition coefficient (Wildman–Crippen LogP) is 2.17. The third kappa shape index (κ3) is 3.88. The Kier molecular flexibility index (Phi) is 4.51. The molecule has 0 saturated heterocycles. The molecule has 0 unspecified atom stereocenters. The van der Waals surface area contributed by atoms with E-state index in [1.165, 1.54) is 0 Å². The fraction of sp³-hybridized carbons (Fsp3) is 0.462. The summed E-state index contributed by atoms with van der Waals surface area (Å²) < 4.78 is 0. The van der Waals surface area contributed by atoms with E-state index in [0.29, 0.717) is 5.82 Å². The van der Waals surface area contributed by atoms with Crippen LogP contribution in [0, 0.1) is 0 Å². The van der Waals surface area contributed by atoms with Gasteiger partial charge in [-0.2, -0.15) is 0 Å². The van der Waals surface area contributed by atoms with Gasteiger partial charge in [-0.15, -0.1) is 11.3 Å². The number of nitrogens with zero attached hydrogens (tertiary/aromatic N) is 3. The van der Waals surface area contributed by atoms with Gasteiger partial charge < -0.3 is 10.7 Å². The molecule has 0 aliphatic heterocycles. The summed E-state index contributed by atoms with van der Waals surface area (Å²) in [6, 6.07) is 1.80. The third-order valence-corrected chi connectivity index (χ3v) is 3.35. The molecule has 108 valence electrons. The molecule has 2 aromatic heterocycles. The van der Waals surface area contributed by atoms with E-state index >= 15 is 0 Å². The van der Waals surface area contributed by atoms with Crippen molar-refractivity contribution in [2.45, 2.75) is 32.6 Å². The van der Waals surface area contributed by atoms with Gasteiger partial charge in [0.25, 0.3) is 0 Å². The first-order valence-electron chi connectivity index (χ1n) is 6.46. The van der Waals surface area contributed by atoms with Crippen molar-refractivity contribution in [3.63, 3.8) is 0 Å². The van der Waals surface area contributed by atoms with E-state index in [1.54, 1.807) is 17.4 Å². The molecule has 0 radical (unpaired) electrons. The molecule has 20 heavy (non-hydrogen) atoms. The molecule has 0 atom stereocenters. The molecule has 4 N–H and O–H groups in total. The first kappa shape index (κ1) is 14.7. The number of nitrogen functional groups attached to an aromatic ring is 1. The van der Waals surface area contributed by atoms with Crippen LogP contribution in [0.1, 0.15) is 32.3 Å². The number of rotatable bonds is 5. The number of nitrogens with two attached hydrogens (primary N) is 1. The molecule has 0 aliphatic carbocycles. The van der Waals surface area contributed by atoms with Crippen LogP contribution < -0.4 is 16.6 Å². The van der Waals surface area contributed by atoms with Crippen LogP contribution in [0.3, 0.4) is 0 Å². The highest BCUT2D eigenvalue weighted by Crippen LogP contribution is 2.21. The quantitative estimate of drug-likeness (QED) is 0.578. The van der Waals surface area contributed by atoms with Gasteiger partial charge in [-0.25, -0.2) is 20.8 Å². The maximum Gasteiger partial charge on any atom is 0.145 e. The Morgan fingerprint density at radius 3 is 2.60 bits per heavy atom. The maximum absolute atomic E-state index is 5.46. The van der Waals surface area contributed by atoms with Crippen LogP contribution in [-0.4, -0.2) is 21.5 Å².